The van der Waals surface area contributed by atoms with Crippen molar-refractivity contribution in [1.82, 2.24) is 15.1 Å². The van der Waals surface area contributed by atoms with Crippen molar-refractivity contribution in [2.24, 2.45) is 5.92 Å². The fourth-order valence-electron chi connectivity index (χ4n) is 3.69. The van der Waals surface area contributed by atoms with Crippen molar-refractivity contribution in [2.45, 2.75) is 19.4 Å². The number of nitrogens with one attached hydrogen (secondary N) is 1. The second kappa shape index (κ2) is 9.31. The number of aromatic nitrogens is 2. The normalized spacial score (nSPS) is 14.5. The van der Waals surface area contributed by atoms with E-state index in [4.69, 9.17) is 11.6 Å². The van der Waals surface area contributed by atoms with Crippen molar-refractivity contribution in [3.63, 3.8) is 0 Å². The molecule has 0 unspecified atom stereocenters. The fraction of sp³-hybridized carbons (Fsp3) is 0.261. The SMILES string of the molecule is O=C(NCc1cccc(Cl)c1)C1CCN(c2ccc(=O)n(-c3ccc(F)cc3)n2)CC1. The summed E-state index contributed by atoms with van der Waals surface area (Å²) in [7, 11) is 0. The van der Waals surface area contributed by atoms with Crippen molar-refractivity contribution >= 4 is 23.3 Å². The molecule has 1 saturated heterocycles. The molecule has 0 radical (unpaired) electrons. The Morgan fingerprint density at radius 3 is 2.55 bits per heavy atom. The predicted octanol–water partition coefficient (Wildman–Crippen LogP) is 3.56. The van der Waals surface area contributed by atoms with Crippen LogP contribution >= 0.6 is 11.6 Å². The minimum atomic E-state index is -0.372. The van der Waals surface area contributed by atoms with Gasteiger partial charge in [0.2, 0.25) is 5.91 Å². The molecule has 8 heteroatoms. The van der Waals surface area contributed by atoms with E-state index in [9.17, 15) is 14.0 Å². The summed E-state index contributed by atoms with van der Waals surface area (Å²) in [5.41, 5.74) is 1.18. The van der Waals surface area contributed by atoms with Crippen LogP contribution in [0.3, 0.4) is 0 Å². The first-order valence-electron chi connectivity index (χ1n) is 10.1. The molecule has 1 N–H and O–H groups in total. The van der Waals surface area contributed by atoms with Gasteiger partial charge in [-0.1, -0.05) is 23.7 Å². The number of carbonyl (C=O) groups excluding carboxylic acids is 1. The number of hydrogen-bond acceptors (Lipinski definition) is 4. The summed E-state index contributed by atoms with van der Waals surface area (Å²) in [6.07, 6.45) is 1.39. The van der Waals surface area contributed by atoms with Gasteiger partial charge in [0.1, 0.15) is 11.6 Å². The van der Waals surface area contributed by atoms with E-state index in [1.807, 2.05) is 18.2 Å². The number of hydrogen-bond donors (Lipinski definition) is 1. The lowest BCUT2D eigenvalue weighted by molar-refractivity contribution is -0.125. The number of carbonyl (C=O) groups is 1. The van der Waals surface area contributed by atoms with Gasteiger partial charge in [-0.05, 0) is 60.9 Å². The number of amides is 1. The molecule has 2 aromatic carbocycles. The molecule has 3 aromatic rings. The fourth-order valence-corrected chi connectivity index (χ4v) is 3.90. The Morgan fingerprint density at radius 1 is 1.10 bits per heavy atom. The summed E-state index contributed by atoms with van der Waals surface area (Å²) in [6.45, 7) is 1.76. The summed E-state index contributed by atoms with van der Waals surface area (Å²) in [6, 6.07) is 16.2. The van der Waals surface area contributed by atoms with E-state index in [0.717, 1.165) is 5.56 Å². The number of rotatable bonds is 5. The largest absolute Gasteiger partial charge is 0.355 e. The van der Waals surface area contributed by atoms with Crippen LogP contribution in [0.15, 0.2) is 65.5 Å². The third-order valence-electron chi connectivity index (χ3n) is 5.40. The summed E-state index contributed by atoms with van der Waals surface area (Å²) in [5.74, 6) is 0.243. The maximum atomic E-state index is 13.2. The number of nitrogens with zero attached hydrogens (tertiary/aromatic N) is 3. The van der Waals surface area contributed by atoms with Gasteiger partial charge in [-0.25, -0.2) is 4.39 Å². The molecular weight excluding hydrogens is 419 g/mol. The van der Waals surface area contributed by atoms with Crippen LogP contribution in [0.1, 0.15) is 18.4 Å². The topological polar surface area (TPSA) is 67.2 Å². The first-order chi connectivity index (χ1) is 15.0. The average Bonchev–Trinajstić information content (AvgIpc) is 2.79. The van der Waals surface area contributed by atoms with Crippen molar-refractivity contribution in [2.75, 3.05) is 18.0 Å². The Kier molecular flexibility index (Phi) is 6.32. The zero-order valence-corrected chi connectivity index (χ0v) is 17.6. The number of anilines is 1. The third-order valence-corrected chi connectivity index (χ3v) is 5.64. The van der Waals surface area contributed by atoms with E-state index >= 15 is 0 Å². The molecule has 0 spiro atoms. The highest BCUT2D eigenvalue weighted by Crippen LogP contribution is 2.22. The highest BCUT2D eigenvalue weighted by molar-refractivity contribution is 6.30. The van der Waals surface area contributed by atoms with Crippen LogP contribution in [0, 0.1) is 11.7 Å². The van der Waals surface area contributed by atoms with Gasteiger partial charge >= 0.3 is 0 Å². The summed E-state index contributed by atoms with van der Waals surface area (Å²) in [4.78, 5) is 26.8. The van der Waals surface area contributed by atoms with Gasteiger partial charge in [0.15, 0.2) is 0 Å². The first kappa shape index (κ1) is 21.1. The zero-order valence-electron chi connectivity index (χ0n) is 16.8. The van der Waals surface area contributed by atoms with Crippen molar-refractivity contribution in [3.05, 3.63) is 87.4 Å². The minimum absolute atomic E-state index is 0.0314. The molecule has 2 heterocycles. The van der Waals surface area contributed by atoms with E-state index in [0.29, 0.717) is 49.0 Å². The summed E-state index contributed by atoms with van der Waals surface area (Å²) < 4.78 is 14.5. The monoisotopic (exact) mass is 440 g/mol. The van der Waals surface area contributed by atoms with Crippen LogP contribution in [-0.2, 0) is 11.3 Å². The van der Waals surface area contributed by atoms with Gasteiger partial charge in [-0.3, -0.25) is 9.59 Å². The first-order valence-corrected chi connectivity index (χ1v) is 10.5. The van der Waals surface area contributed by atoms with Crippen LogP contribution in [0.5, 0.6) is 0 Å². The lowest BCUT2D eigenvalue weighted by Gasteiger charge is -2.32. The highest BCUT2D eigenvalue weighted by Gasteiger charge is 2.25. The molecule has 1 aromatic heterocycles. The van der Waals surface area contributed by atoms with Crippen LogP contribution in [0.25, 0.3) is 5.69 Å². The Labute approximate surface area is 184 Å². The standard InChI is InChI=1S/C23H22ClFN4O2/c24-18-3-1-2-16(14-18)15-26-23(31)17-10-12-28(13-11-17)21-8-9-22(30)29(27-21)20-6-4-19(25)5-7-20/h1-9,14,17H,10-13,15H2,(H,26,31). The second-order valence-corrected chi connectivity index (χ2v) is 7.96. The molecule has 0 aliphatic carbocycles. The maximum absolute atomic E-state index is 13.2. The van der Waals surface area contributed by atoms with Crippen molar-refractivity contribution in [3.8, 4) is 5.69 Å². The third kappa shape index (κ3) is 5.11. The lowest BCUT2D eigenvalue weighted by atomic mass is 9.96. The molecule has 0 saturated carbocycles. The van der Waals surface area contributed by atoms with Gasteiger partial charge in [0, 0.05) is 36.6 Å². The molecule has 0 atom stereocenters. The van der Waals surface area contributed by atoms with Gasteiger partial charge in [-0.15, -0.1) is 5.10 Å². The number of halogens is 2. The highest BCUT2D eigenvalue weighted by atomic mass is 35.5. The molecule has 4 rings (SSSR count). The van der Waals surface area contributed by atoms with Gasteiger partial charge in [-0.2, -0.15) is 4.68 Å². The van der Waals surface area contributed by atoms with E-state index in [2.05, 4.69) is 15.3 Å². The van der Waals surface area contributed by atoms with Gasteiger partial charge in [0.25, 0.3) is 5.56 Å². The summed E-state index contributed by atoms with van der Waals surface area (Å²) >= 11 is 5.99. The molecule has 31 heavy (non-hydrogen) atoms. The summed E-state index contributed by atoms with van der Waals surface area (Å²) in [5, 5.41) is 8.08. The average molecular weight is 441 g/mol. The molecule has 1 aliphatic rings. The van der Waals surface area contributed by atoms with Crippen LogP contribution in [0.2, 0.25) is 5.02 Å². The van der Waals surface area contributed by atoms with Crippen LogP contribution in [-0.4, -0.2) is 28.8 Å². The van der Waals surface area contributed by atoms with E-state index in [-0.39, 0.29) is 23.2 Å². The molecule has 160 valence electrons. The molecule has 1 amide bonds. The van der Waals surface area contributed by atoms with Crippen molar-refractivity contribution < 1.29 is 9.18 Å². The minimum Gasteiger partial charge on any atom is -0.355 e. The molecular formula is C23H22ClFN4O2. The van der Waals surface area contributed by atoms with E-state index < -0.39 is 0 Å². The Bertz CT molecular complexity index is 1120. The van der Waals surface area contributed by atoms with Gasteiger partial charge in [0.05, 0.1) is 5.69 Å². The number of benzene rings is 2. The Hall–Kier alpha value is -3.19. The van der Waals surface area contributed by atoms with Crippen LogP contribution < -0.4 is 15.8 Å². The van der Waals surface area contributed by atoms with Gasteiger partial charge < -0.3 is 10.2 Å². The Balaban J connectivity index is 1.37. The second-order valence-electron chi connectivity index (χ2n) is 7.53. The molecule has 6 nitrogen and oxygen atoms in total. The lowest BCUT2D eigenvalue weighted by Crippen LogP contribution is -2.41. The molecule has 1 aliphatic heterocycles. The Morgan fingerprint density at radius 2 is 1.84 bits per heavy atom. The van der Waals surface area contributed by atoms with E-state index in [1.54, 1.807) is 12.1 Å². The maximum Gasteiger partial charge on any atom is 0.271 e. The molecule has 1 fully saturated rings. The smallest absolute Gasteiger partial charge is 0.271 e. The number of piperidine rings is 1. The predicted molar refractivity (Wildman–Crippen MR) is 118 cm³/mol. The zero-order chi connectivity index (χ0) is 21.8. The molecule has 0 bridgehead atoms. The van der Waals surface area contributed by atoms with Crippen LogP contribution in [0.4, 0.5) is 10.2 Å². The van der Waals surface area contributed by atoms with E-state index in [1.165, 1.54) is 35.0 Å². The van der Waals surface area contributed by atoms with Crippen molar-refractivity contribution in [1.29, 1.82) is 0 Å². The quantitative estimate of drug-likeness (QED) is 0.658.